The molecule has 0 saturated heterocycles. The molecule has 3 heterocycles. The van der Waals surface area contributed by atoms with E-state index in [2.05, 4.69) is 37.0 Å². The number of urea groups is 1. The van der Waals surface area contributed by atoms with Crippen molar-refractivity contribution in [3.63, 3.8) is 0 Å². The normalized spacial score (nSPS) is 11.1. The van der Waals surface area contributed by atoms with Gasteiger partial charge in [0.15, 0.2) is 0 Å². The van der Waals surface area contributed by atoms with Crippen LogP contribution in [-0.4, -0.2) is 31.0 Å². The molecule has 0 unspecified atom stereocenters. The van der Waals surface area contributed by atoms with Crippen molar-refractivity contribution in [1.82, 2.24) is 25.0 Å². The number of nitrogens with one attached hydrogen (secondary N) is 3. The monoisotopic (exact) mass is 536 g/mol. The lowest BCUT2D eigenvalue weighted by atomic mass is 9.92. The molecule has 0 aliphatic rings. The van der Waals surface area contributed by atoms with E-state index in [9.17, 15) is 9.18 Å². The van der Waals surface area contributed by atoms with E-state index >= 15 is 0 Å². The third kappa shape index (κ3) is 5.81. The van der Waals surface area contributed by atoms with Crippen LogP contribution in [0.5, 0.6) is 11.5 Å². The number of halogens is 1. The fourth-order valence-electron chi connectivity index (χ4n) is 3.80. The van der Waals surface area contributed by atoms with Crippen molar-refractivity contribution in [2.75, 3.05) is 10.6 Å². The molecule has 11 heteroatoms. The van der Waals surface area contributed by atoms with E-state index in [1.54, 1.807) is 71.7 Å². The van der Waals surface area contributed by atoms with Crippen LogP contribution in [0.1, 0.15) is 32.0 Å². The van der Waals surface area contributed by atoms with Gasteiger partial charge >= 0.3 is 6.03 Å². The Morgan fingerprint density at radius 1 is 1.00 bits per heavy atom. The van der Waals surface area contributed by atoms with Gasteiger partial charge in [0.2, 0.25) is 0 Å². The van der Waals surface area contributed by atoms with E-state index in [4.69, 9.17) is 10.00 Å². The van der Waals surface area contributed by atoms with Gasteiger partial charge in [0.05, 0.1) is 40.1 Å². The lowest BCUT2D eigenvalue weighted by Gasteiger charge is -2.14. The summed E-state index contributed by atoms with van der Waals surface area (Å²) in [5.74, 6) is 0.423. The van der Waals surface area contributed by atoms with Crippen molar-refractivity contribution in [2.45, 2.75) is 26.2 Å². The highest BCUT2D eigenvalue weighted by Gasteiger charge is 2.22. The Hall–Kier alpha value is -5.50. The molecule has 40 heavy (non-hydrogen) atoms. The van der Waals surface area contributed by atoms with Crippen molar-refractivity contribution >= 4 is 17.5 Å². The molecule has 5 rings (SSSR count). The second-order valence-corrected chi connectivity index (χ2v) is 9.91. The van der Waals surface area contributed by atoms with Gasteiger partial charge in [0, 0.05) is 36.0 Å². The second kappa shape index (κ2) is 10.7. The lowest BCUT2D eigenvalue weighted by Crippen LogP contribution is -2.22. The fraction of sp³-hybridized carbons (Fsp3) is 0.138. The minimum atomic E-state index is -0.675. The summed E-state index contributed by atoms with van der Waals surface area (Å²) in [5.41, 5.74) is 2.93. The minimum Gasteiger partial charge on any atom is -0.457 e. The van der Waals surface area contributed by atoms with Crippen LogP contribution in [0.2, 0.25) is 0 Å². The van der Waals surface area contributed by atoms with Crippen LogP contribution in [0.4, 0.5) is 20.7 Å². The zero-order valence-corrected chi connectivity index (χ0v) is 21.9. The smallest absolute Gasteiger partial charge is 0.324 e. The number of pyridine rings is 1. The maximum atomic E-state index is 14.9. The van der Waals surface area contributed by atoms with Crippen LogP contribution in [0.25, 0.3) is 17.1 Å². The van der Waals surface area contributed by atoms with Crippen LogP contribution < -0.4 is 15.4 Å². The van der Waals surface area contributed by atoms with Crippen molar-refractivity contribution in [3.05, 3.63) is 96.2 Å². The number of aromatic nitrogens is 5. The molecule has 0 spiro atoms. The number of carbonyl (C=O) groups is 1. The SMILES string of the molecule is CC(C)(C)c1cc(NC(=O)Nc2ccc(Oc3ccnc(-c4ccn[nH]4)c3)cc2F)n(-c2ccc(C#N)cc2)n1. The number of anilines is 2. The van der Waals surface area contributed by atoms with E-state index in [0.29, 0.717) is 28.5 Å². The third-order valence-corrected chi connectivity index (χ3v) is 5.89. The van der Waals surface area contributed by atoms with E-state index in [0.717, 1.165) is 11.4 Å². The molecule has 0 radical (unpaired) electrons. The molecule has 5 aromatic rings. The summed E-state index contributed by atoms with van der Waals surface area (Å²) >= 11 is 0. The zero-order valence-electron chi connectivity index (χ0n) is 21.9. The largest absolute Gasteiger partial charge is 0.457 e. The standard InChI is InChI=1S/C29H25FN8O2/c1-29(2,3)26-16-27(38(37-26)19-6-4-18(17-31)5-7-19)35-28(39)34-23-9-8-20(14-22(23)30)40-21-10-12-32-25(15-21)24-11-13-33-36-24/h4-16H,1-3H3,(H,33,36)(H2,34,35,39). The average Bonchev–Trinajstić information content (AvgIpc) is 3.61. The van der Waals surface area contributed by atoms with E-state index < -0.39 is 11.8 Å². The Balaban J connectivity index is 1.31. The second-order valence-electron chi connectivity index (χ2n) is 9.91. The molecule has 3 aromatic heterocycles. The summed E-state index contributed by atoms with van der Waals surface area (Å²) in [6, 6.07) is 19.3. The molecule has 0 atom stereocenters. The maximum Gasteiger partial charge on any atom is 0.324 e. The van der Waals surface area contributed by atoms with Crippen molar-refractivity contribution in [1.29, 1.82) is 5.26 Å². The number of benzene rings is 2. The number of hydrogen-bond donors (Lipinski definition) is 3. The quantitative estimate of drug-likeness (QED) is 0.230. The number of rotatable bonds is 6. The Labute approximate surface area is 229 Å². The number of nitrogens with zero attached hydrogens (tertiary/aromatic N) is 5. The molecular weight excluding hydrogens is 511 g/mol. The minimum absolute atomic E-state index is 0.0294. The van der Waals surface area contributed by atoms with Crippen LogP contribution in [-0.2, 0) is 5.41 Å². The van der Waals surface area contributed by atoms with Gasteiger partial charge in [0.1, 0.15) is 23.1 Å². The van der Waals surface area contributed by atoms with Gasteiger partial charge in [-0.05, 0) is 48.5 Å². The van der Waals surface area contributed by atoms with Crippen molar-refractivity contribution < 1.29 is 13.9 Å². The first-order chi connectivity index (χ1) is 19.2. The summed E-state index contributed by atoms with van der Waals surface area (Å²) in [6.07, 6.45) is 3.20. The maximum absolute atomic E-state index is 14.9. The van der Waals surface area contributed by atoms with Crippen molar-refractivity contribution in [2.24, 2.45) is 0 Å². The van der Waals surface area contributed by atoms with Gasteiger partial charge in [-0.2, -0.15) is 15.5 Å². The van der Waals surface area contributed by atoms with Gasteiger partial charge in [-0.15, -0.1) is 0 Å². The molecule has 10 nitrogen and oxygen atoms in total. The predicted molar refractivity (Wildman–Crippen MR) is 148 cm³/mol. The van der Waals surface area contributed by atoms with E-state index in [-0.39, 0.29) is 16.9 Å². The molecular formula is C29H25FN8O2. The lowest BCUT2D eigenvalue weighted by molar-refractivity contribution is 0.262. The van der Waals surface area contributed by atoms with Gasteiger partial charge in [-0.25, -0.2) is 13.9 Å². The van der Waals surface area contributed by atoms with Gasteiger partial charge in [-0.1, -0.05) is 20.8 Å². The molecule has 0 fully saturated rings. The summed E-state index contributed by atoms with van der Waals surface area (Å²) in [4.78, 5) is 17.2. The Morgan fingerprint density at radius 2 is 1.77 bits per heavy atom. The number of ether oxygens (including phenoxy) is 1. The summed E-state index contributed by atoms with van der Waals surface area (Å²) in [7, 11) is 0. The van der Waals surface area contributed by atoms with Gasteiger partial charge in [-0.3, -0.25) is 15.4 Å². The topological polar surface area (TPSA) is 134 Å². The van der Waals surface area contributed by atoms with E-state index in [1.165, 1.54) is 12.1 Å². The number of carbonyl (C=O) groups excluding carboxylic acids is 1. The van der Waals surface area contributed by atoms with Gasteiger partial charge < -0.3 is 10.1 Å². The van der Waals surface area contributed by atoms with Crippen molar-refractivity contribution in [3.8, 4) is 34.6 Å². The predicted octanol–water partition coefficient (Wildman–Crippen LogP) is 6.40. The molecule has 2 amide bonds. The van der Waals surface area contributed by atoms with Crippen LogP contribution in [0.15, 0.2) is 79.1 Å². The first-order valence-electron chi connectivity index (χ1n) is 12.3. The van der Waals surface area contributed by atoms with Crippen LogP contribution in [0.3, 0.4) is 0 Å². The Kier molecular flexibility index (Phi) is 6.99. The van der Waals surface area contributed by atoms with Crippen LogP contribution in [0, 0.1) is 17.1 Å². The molecule has 200 valence electrons. The highest BCUT2D eigenvalue weighted by molar-refractivity contribution is 5.99. The first-order valence-corrected chi connectivity index (χ1v) is 12.3. The average molecular weight is 537 g/mol. The molecule has 0 saturated carbocycles. The number of H-pyrrole nitrogens is 1. The highest BCUT2D eigenvalue weighted by Crippen LogP contribution is 2.29. The van der Waals surface area contributed by atoms with Crippen LogP contribution >= 0.6 is 0 Å². The Morgan fingerprint density at radius 3 is 2.45 bits per heavy atom. The molecule has 0 aliphatic heterocycles. The number of aromatic amines is 1. The van der Waals surface area contributed by atoms with E-state index in [1.807, 2.05) is 20.8 Å². The molecule has 3 N–H and O–H groups in total. The third-order valence-electron chi connectivity index (χ3n) is 5.89. The molecule has 0 aliphatic carbocycles. The summed E-state index contributed by atoms with van der Waals surface area (Å²) < 4.78 is 22.3. The summed E-state index contributed by atoms with van der Waals surface area (Å²) in [6.45, 7) is 6.02. The number of nitriles is 1. The fourth-order valence-corrected chi connectivity index (χ4v) is 3.80. The Bertz CT molecular complexity index is 1700. The summed E-state index contributed by atoms with van der Waals surface area (Å²) in [5, 5.41) is 25.8. The molecule has 2 aromatic carbocycles. The molecule has 0 bridgehead atoms. The highest BCUT2D eigenvalue weighted by atomic mass is 19.1. The first kappa shape index (κ1) is 26.1. The van der Waals surface area contributed by atoms with Gasteiger partial charge in [0.25, 0.3) is 0 Å². The number of hydrogen-bond acceptors (Lipinski definition) is 6. The number of amides is 2. The zero-order chi connectivity index (χ0) is 28.3.